The minimum Gasteiger partial charge on any atom is -0.207 e. The molecule has 3 aromatic rings. The molecule has 21 heavy (non-hydrogen) atoms. The lowest BCUT2D eigenvalue weighted by molar-refractivity contribution is 0.608. The molecule has 0 aromatic heterocycles. The van der Waals surface area contributed by atoms with Crippen LogP contribution >= 0.6 is 27.5 Å². The van der Waals surface area contributed by atoms with Gasteiger partial charge < -0.3 is 0 Å². The van der Waals surface area contributed by atoms with E-state index in [4.69, 9.17) is 11.6 Å². The van der Waals surface area contributed by atoms with Crippen molar-refractivity contribution in [2.75, 3.05) is 0 Å². The molecule has 0 amide bonds. The van der Waals surface area contributed by atoms with Crippen LogP contribution in [-0.4, -0.2) is 0 Å². The third kappa shape index (κ3) is 3.28. The first-order valence-electron chi connectivity index (χ1n) is 6.70. The molecule has 0 saturated carbocycles. The van der Waals surface area contributed by atoms with Crippen molar-refractivity contribution >= 4 is 38.3 Å². The van der Waals surface area contributed by atoms with Crippen molar-refractivity contribution in [2.24, 2.45) is 0 Å². The van der Waals surface area contributed by atoms with Gasteiger partial charge in [0.05, 0.1) is 0 Å². The monoisotopic (exact) mass is 362 g/mol. The molecule has 0 saturated heterocycles. The van der Waals surface area contributed by atoms with Crippen LogP contribution < -0.4 is 0 Å². The van der Waals surface area contributed by atoms with E-state index in [1.807, 2.05) is 12.1 Å². The molecule has 0 heterocycles. The molecule has 0 bridgehead atoms. The van der Waals surface area contributed by atoms with Crippen LogP contribution in [0.15, 0.2) is 60.7 Å². The average Bonchev–Trinajstić information content (AvgIpc) is 2.49. The second-order valence-corrected chi connectivity index (χ2v) is 6.56. The molecule has 3 rings (SSSR count). The number of alkyl halides is 1. The highest BCUT2D eigenvalue weighted by Crippen LogP contribution is 2.31. The Labute approximate surface area is 136 Å². The predicted molar refractivity (Wildman–Crippen MR) is 90.7 cm³/mol. The number of rotatable bonds is 3. The Balaban J connectivity index is 1.88. The molecule has 0 aliphatic rings. The first kappa shape index (κ1) is 14.6. The fourth-order valence-corrected chi connectivity index (χ4v) is 3.34. The van der Waals surface area contributed by atoms with E-state index in [1.54, 1.807) is 12.1 Å². The van der Waals surface area contributed by atoms with Crippen LogP contribution in [0.3, 0.4) is 0 Å². The van der Waals surface area contributed by atoms with E-state index in [0.717, 1.165) is 5.56 Å². The van der Waals surface area contributed by atoms with Crippen molar-refractivity contribution in [1.82, 2.24) is 0 Å². The summed E-state index contributed by atoms with van der Waals surface area (Å²) < 4.78 is 13.9. The maximum absolute atomic E-state index is 13.9. The molecular weight excluding hydrogens is 351 g/mol. The summed E-state index contributed by atoms with van der Waals surface area (Å²) in [6, 6.07) is 19.2. The summed E-state index contributed by atoms with van der Waals surface area (Å²) in [5.74, 6) is -0.234. The minimum absolute atomic E-state index is 0.0997. The molecule has 1 atom stereocenters. The number of fused-ring (bicyclic) bond motifs is 1. The van der Waals surface area contributed by atoms with Crippen LogP contribution in [0.1, 0.15) is 16.0 Å². The second-order valence-electron chi connectivity index (χ2n) is 5.02. The van der Waals surface area contributed by atoms with E-state index in [-0.39, 0.29) is 10.6 Å². The summed E-state index contributed by atoms with van der Waals surface area (Å²) in [6.45, 7) is 0. The van der Waals surface area contributed by atoms with Gasteiger partial charge in [-0.25, -0.2) is 4.39 Å². The summed E-state index contributed by atoms with van der Waals surface area (Å²) in [5.41, 5.74) is 1.76. The Kier molecular flexibility index (Phi) is 4.27. The second kappa shape index (κ2) is 6.17. The van der Waals surface area contributed by atoms with E-state index in [2.05, 4.69) is 46.3 Å². The number of benzene rings is 3. The van der Waals surface area contributed by atoms with Crippen molar-refractivity contribution in [3.05, 3.63) is 82.6 Å². The van der Waals surface area contributed by atoms with E-state index in [9.17, 15) is 4.39 Å². The maximum Gasteiger partial charge on any atom is 0.127 e. The summed E-state index contributed by atoms with van der Waals surface area (Å²) in [6.07, 6.45) is 0.710. The molecule has 0 aliphatic carbocycles. The molecule has 0 N–H and O–H groups in total. The normalized spacial score (nSPS) is 12.5. The Hall–Kier alpha value is -1.38. The molecular formula is C18H13BrClF. The van der Waals surface area contributed by atoms with Crippen LogP contribution in [0.25, 0.3) is 10.8 Å². The molecule has 3 heteroatoms. The summed E-state index contributed by atoms with van der Waals surface area (Å²) in [5, 5.41) is 2.96. The lowest BCUT2D eigenvalue weighted by Crippen LogP contribution is -1.98. The largest absolute Gasteiger partial charge is 0.207 e. The van der Waals surface area contributed by atoms with Crippen molar-refractivity contribution in [3.8, 4) is 0 Å². The van der Waals surface area contributed by atoms with Crippen LogP contribution in [0.2, 0.25) is 5.02 Å². The zero-order valence-corrected chi connectivity index (χ0v) is 13.5. The molecule has 0 spiro atoms. The Morgan fingerprint density at radius 1 is 0.952 bits per heavy atom. The van der Waals surface area contributed by atoms with Crippen LogP contribution in [-0.2, 0) is 6.42 Å². The molecule has 3 aromatic carbocycles. The molecule has 0 aliphatic heterocycles. The zero-order chi connectivity index (χ0) is 14.8. The van der Waals surface area contributed by atoms with Crippen LogP contribution in [0.5, 0.6) is 0 Å². The van der Waals surface area contributed by atoms with Gasteiger partial charge in [-0.3, -0.25) is 0 Å². The highest BCUT2D eigenvalue weighted by molar-refractivity contribution is 9.09. The van der Waals surface area contributed by atoms with Gasteiger partial charge in [-0.15, -0.1) is 0 Å². The highest BCUT2D eigenvalue weighted by atomic mass is 79.9. The van der Waals surface area contributed by atoms with Crippen molar-refractivity contribution in [3.63, 3.8) is 0 Å². The fraction of sp³-hybridized carbons (Fsp3) is 0.111. The minimum atomic E-state index is -0.234. The van der Waals surface area contributed by atoms with Crippen LogP contribution in [0, 0.1) is 5.82 Å². The number of hydrogen-bond acceptors (Lipinski definition) is 0. The van der Waals surface area contributed by atoms with Crippen molar-refractivity contribution in [1.29, 1.82) is 0 Å². The van der Waals surface area contributed by atoms with Crippen molar-refractivity contribution < 1.29 is 4.39 Å². The topological polar surface area (TPSA) is 0 Å². The Morgan fingerprint density at radius 3 is 2.52 bits per heavy atom. The molecule has 0 fully saturated rings. The maximum atomic E-state index is 13.9. The van der Waals surface area contributed by atoms with Crippen molar-refractivity contribution in [2.45, 2.75) is 11.2 Å². The van der Waals surface area contributed by atoms with E-state index in [1.165, 1.54) is 16.8 Å². The third-order valence-electron chi connectivity index (χ3n) is 3.52. The van der Waals surface area contributed by atoms with Gasteiger partial charge in [0.2, 0.25) is 0 Å². The summed E-state index contributed by atoms with van der Waals surface area (Å²) in [7, 11) is 0. The zero-order valence-electron chi connectivity index (χ0n) is 11.2. The lowest BCUT2D eigenvalue weighted by Gasteiger charge is -2.12. The van der Waals surface area contributed by atoms with E-state index < -0.39 is 0 Å². The van der Waals surface area contributed by atoms with Gasteiger partial charge in [0.15, 0.2) is 0 Å². The predicted octanol–water partition coefficient (Wildman–Crippen LogP) is 6.31. The Bertz CT molecular complexity index is 785. The third-order valence-corrected chi connectivity index (χ3v) is 4.58. The SMILES string of the molecule is Fc1ccc(Cl)cc1C(Br)Cc1ccc2ccccc2c1. The Morgan fingerprint density at radius 2 is 1.71 bits per heavy atom. The van der Waals surface area contributed by atoms with E-state index in [0.29, 0.717) is 17.0 Å². The lowest BCUT2D eigenvalue weighted by atomic mass is 10.0. The first-order chi connectivity index (χ1) is 10.1. The van der Waals surface area contributed by atoms with Gasteiger partial charge in [0, 0.05) is 15.4 Å². The van der Waals surface area contributed by atoms with Gasteiger partial charge in [-0.2, -0.15) is 0 Å². The number of hydrogen-bond donors (Lipinski definition) is 0. The fourth-order valence-electron chi connectivity index (χ4n) is 2.44. The van der Waals surface area contributed by atoms with Gasteiger partial charge >= 0.3 is 0 Å². The van der Waals surface area contributed by atoms with E-state index >= 15 is 0 Å². The number of halogens is 3. The van der Waals surface area contributed by atoms with Gasteiger partial charge in [-0.1, -0.05) is 70.0 Å². The standard InChI is InChI=1S/C18H13BrClF/c19-17(16-11-15(20)7-8-18(16)21)10-12-5-6-13-3-1-2-4-14(13)9-12/h1-9,11,17H,10H2. The average molecular weight is 364 g/mol. The molecule has 1 unspecified atom stereocenters. The van der Waals surface area contributed by atoms with Gasteiger partial charge in [0.25, 0.3) is 0 Å². The summed E-state index contributed by atoms with van der Waals surface area (Å²) >= 11 is 9.53. The first-order valence-corrected chi connectivity index (χ1v) is 7.99. The van der Waals surface area contributed by atoms with Gasteiger partial charge in [0.1, 0.15) is 5.82 Å². The van der Waals surface area contributed by atoms with Crippen LogP contribution in [0.4, 0.5) is 4.39 Å². The quantitative estimate of drug-likeness (QED) is 0.478. The smallest absolute Gasteiger partial charge is 0.127 e. The highest BCUT2D eigenvalue weighted by Gasteiger charge is 2.14. The molecule has 0 nitrogen and oxygen atoms in total. The molecule has 0 radical (unpaired) electrons. The summed E-state index contributed by atoms with van der Waals surface area (Å²) in [4.78, 5) is -0.0997. The molecule has 106 valence electrons. The van der Waals surface area contributed by atoms with Gasteiger partial charge in [-0.05, 0) is 41.0 Å².